The molecule has 0 saturated carbocycles. The molecule has 0 aromatic heterocycles. The molecule has 3 nitrogen and oxygen atoms in total. The van der Waals surface area contributed by atoms with Crippen LogP contribution in [0.2, 0.25) is 0 Å². The van der Waals surface area contributed by atoms with Crippen LogP contribution in [0.25, 0.3) is 0 Å². The zero-order chi connectivity index (χ0) is 30.2. The Morgan fingerprint density at radius 2 is 0.950 bits per heavy atom. The molecular formula is C35H49IO3S. The Labute approximate surface area is 252 Å². The summed E-state index contributed by atoms with van der Waals surface area (Å²) < 4.78 is 37.2. The third kappa shape index (κ3) is 7.57. The second-order valence-corrected chi connectivity index (χ2v) is 20.2. The van der Waals surface area contributed by atoms with Gasteiger partial charge in [0.2, 0.25) is 0 Å². The molecule has 0 amide bonds. The molecule has 40 heavy (non-hydrogen) atoms. The van der Waals surface area contributed by atoms with Gasteiger partial charge in [0, 0.05) is 0 Å². The Hall–Kier alpha value is -1.70. The number of hydrogen-bond donors (Lipinski definition) is 0. The fraction of sp³-hybridized carbons (Fsp3) is 0.486. The van der Waals surface area contributed by atoms with Gasteiger partial charge in [-0.25, -0.2) is 0 Å². The van der Waals surface area contributed by atoms with Crippen LogP contribution in [0.1, 0.15) is 129 Å². The van der Waals surface area contributed by atoms with Crippen molar-refractivity contribution in [2.75, 3.05) is 0 Å². The van der Waals surface area contributed by atoms with Crippen molar-refractivity contribution in [2.24, 2.45) is 0 Å². The van der Waals surface area contributed by atoms with Gasteiger partial charge in [0.15, 0.2) is 0 Å². The van der Waals surface area contributed by atoms with E-state index in [1.54, 1.807) is 0 Å². The molecule has 0 radical (unpaired) electrons. The molecule has 0 atom stereocenters. The van der Waals surface area contributed by atoms with Crippen molar-refractivity contribution in [1.29, 1.82) is 0 Å². The molecule has 220 valence electrons. The van der Waals surface area contributed by atoms with E-state index in [4.69, 9.17) is 2.51 Å². The minimum absolute atomic E-state index is 0.00928. The van der Waals surface area contributed by atoms with E-state index in [-0.39, 0.29) is 22.7 Å². The Morgan fingerprint density at radius 1 is 0.600 bits per heavy atom. The van der Waals surface area contributed by atoms with Gasteiger partial charge in [0.25, 0.3) is 0 Å². The first kappa shape index (κ1) is 32.8. The molecule has 0 unspecified atom stereocenters. The monoisotopic (exact) mass is 676 g/mol. The van der Waals surface area contributed by atoms with Gasteiger partial charge in [-0.05, 0) is 0 Å². The molecule has 0 bridgehead atoms. The average molecular weight is 677 g/mol. The van der Waals surface area contributed by atoms with Gasteiger partial charge in [-0.2, -0.15) is 0 Å². The number of hydrogen-bond acceptors (Lipinski definition) is 3. The summed E-state index contributed by atoms with van der Waals surface area (Å²) in [6, 6.07) is 20.9. The third-order valence-electron chi connectivity index (χ3n) is 7.29. The van der Waals surface area contributed by atoms with E-state index in [1.165, 1.54) is 11.1 Å². The van der Waals surface area contributed by atoms with Gasteiger partial charge < -0.3 is 0 Å². The number of halogens is 1. The Morgan fingerprint density at radius 3 is 1.23 bits per heavy atom. The quantitative estimate of drug-likeness (QED) is 0.223. The van der Waals surface area contributed by atoms with Crippen molar-refractivity contribution in [3.8, 4) is 0 Å². The van der Waals surface area contributed by atoms with Crippen LogP contribution in [0.5, 0.6) is 0 Å². The van der Waals surface area contributed by atoms with Gasteiger partial charge in [0.1, 0.15) is 0 Å². The second kappa shape index (κ2) is 12.3. The summed E-state index contributed by atoms with van der Waals surface area (Å²) in [5.74, 6) is 0.395. The summed E-state index contributed by atoms with van der Waals surface area (Å²) in [5.41, 5.74) is 5.30. The first-order valence-electron chi connectivity index (χ1n) is 14.4. The fourth-order valence-electron chi connectivity index (χ4n) is 4.62. The Kier molecular flexibility index (Phi) is 10.1. The van der Waals surface area contributed by atoms with Gasteiger partial charge >= 0.3 is 253 Å². The zero-order valence-corrected chi connectivity index (χ0v) is 29.5. The van der Waals surface area contributed by atoms with Crippen molar-refractivity contribution in [3.63, 3.8) is 0 Å². The summed E-state index contributed by atoms with van der Waals surface area (Å²) in [6.07, 6.45) is 0. The standard InChI is InChI=1S/C35H49IO3S/c1-23(2)26-21-31(24(3)4)33(32(22-26)25(5)6)40(37,38)39-36(29-17-13-27(14-18-29)34(7,8)9)30-19-15-28(16-20-30)35(10,11)12/h13-25H,1-12H3. The normalized spacial score (nSPS) is 13.4. The van der Waals surface area contributed by atoms with Crippen LogP contribution in [-0.4, -0.2) is 8.42 Å². The van der Waals surface area contributed by atoms with E-state index in [9.17, 15) is 8.42 Å². The summed E-state index contributed by atoms with van der Waals surface area (Å²) in [6.45, 7) is 25.7. The predicted molar refractivity (Wildman–Crippen MR) is 179 cm³/mol. The number of benzene rings is 3. The van der Waals surface area contributed by atoms with Gasteiger partial charge in [-0.15, -0.1) is 0 Å². The van der Waals surface area contributed by atoms with Crippen LogP contribution in [0.3, 0.4) is 0 Å². The molecule has 0 N–H and O–H groups in total. The molecule has 3 rings (SSSR count). The molecule has 0 spiro atoms. The third-order valence-corrected chi connectivity index (χ3v) is 14.8. The second-order valence-electron chi connectivity index (χ2n) is 13.8. The van der Waals surface area contributed by atoms with Crippen LogP contribution in [0.4, 0.5) is 0 Å². The molecular weight excluding hydrogens is 627 g/mol. The van der Waals surface area contributed by atoms with Crippen LogP contribution in [0, 0.1) is 7.14 Å². The van der Waals surface area contributed by atoms with Crippen molar-refractivity contribution >= 4 is 30.4 Å². The average Bonchev–Trinajstić information content (AvgIpc) is 2.85. The van der Waals surface area contributed by atoms with Crippen LogP contribution < -0.4 is 0 Å². The van der Waals surface area contributed by atoms with Crippen molar-refractivity contribution in [1.82, 2.24) is 0 Å². The molecule has 5 heteroatoms. The molecule has 0 saturated heterocycles. The van der Waals surface area contributed by atoms with Crippen molar-refractivity contribution < 1.29 is 10.9 Å². The Bertz CT molecular complexity index is 1320. The van der Waals surface area contributed by atoms with Gasteiger partial charge in [0.05, 0.1) is 0 Å². The minimum atomic E-state index is -4.06. The van der Waals surface area contributed by atoms with Crippen LogP contribution in [0.15, 0.2) is 65.6 Å². The molecule has 0 heterocycles. The molecule has 0 aliphatic heterocycles. The van der Waals surface area contributed by atoms with E-state index in [0.717, 1.165) is 23.8 Å². The topological polar surface area (TPSA) is 43.4 Å². The van der Waals surface area contributed by atoms with E-state index in [2.05, 4.69) is 144 Å². The maximum atomic E-state index is 14.4. The van der Waals surface area contributed by atoms with E-state index in [0.29, 0.717) is 10.8 Å². The van der Waals surface area contributed by atoms with E-state index >= 15 is 0 Å². The van der Waals surface area contributed by atoms with Crippen LogP contribution in [-0.2, 0) is 23.5 Å². The zero-order valence-electron chi connectivity index (χ0n) is 26.5. The van der Waals surface area contributed by atoms with Gasteiger partial charge in [-0.3, -0.25) is 0 Å². The van der Waals surface area contributed by atoms with E-state index < -0.39 is 30.4 Å². The van der Waals surface area contributed by atoms with Crippen LogP contribution >= 0.6 is 20.2 Å². The first-order valence-corrected chi connectivity index (χ1v) is 18.8. The summed E-state index contributed by atoms with van der Waals surface area (Å²) >= 11 is -2.86. The van der Waals surface area contributed by atoms with Crippen molar-refractivity contribution in [2.45, 2.75) is 117 Å². The molecule has 3 aromatic rings. The molecule has 3 aromatic carbocycles. The molecule has 0 aliphatic rings. The molecule has 0 aliphatic carbocycles. The Balaban J connectivity index is 2.22. The SMILES string of the molecule is CC(C)c1cc(C(C)C)c(S(=O)(=O)OI(c2ccc(C(C)(C)C)cc2)c2ccc(C(C)(C)C)cc2)c(C(C)C)c1. The fourth-order valence-corrected chi connectivity index (χ4v) is 12.1. The summed E-state index contributed by atoms with van der Waals surface area (Å²) in [4.78, 5) is 0.363. The number of rotatable bonds is 8. The summed E-state index contributed by atoms with van der Waals surface area (Å²) in [7, 11) is -4.06. The maximum absolute atomic E-state index is 14.4. The first-order chi connectivity index (χ1) is 18.3. The predicted octanol–water partition coefficient (Wildman–Crippen LogP) is 10.5. The summed E-state index contributed by atoms with van der Waals surface area (Å²) in [5, 5.41) is 0. The van der Waals surface area contributed by atoms with Gasteiger partial charge in [-0.1, -0.05) is 0 Å². The van der Waals surface area contributed by atoms with E-state index in [1.807, 2.05) is 0 Å². The van der Waals surface area contributed by atoms with Crippen molar-refractivity contribution in [3.05, 3.63) is 95.6 Å². The molecule has 0 fully saturated rings.